The SMILES string of the molecule is CCOC(=O)C12C[C@H]1/C=C\CCCCN(C)C(=O)C1C[C@H](Oc3nc(-c4nc(C(C)C)cs4)nc4cc(OC)ccc34)C[C@H]1C(=O)N2. The van der Waals surface area contributed by atoms with E-state index < -0.39 is 29.4 Å². The Bertz CT molecular complexity index is 1690. The Morgan fingerprint density at radius 1 is 1.15 bits per heavy atom. The molecule has 250 valence electrons. The Hall–Kier alpha value is -4.06. The van der Waals surface area contributed by atoms with E-state index in [1.807, 2.05) is 29.7 Å². The van der Waals surface area contributed by atoms with Crippen molar-refractivity contribution in [3.63, 3.8) is 0 Å². The van der Waals surface area contributed by atoms with Crippen molar-refractivity contribution in [1.82, 2.24) is 25.2 Å². The number of rotatable bonds is 7. The van der Waals surface area contributed by atoms with Gasteiger partial charge in [-0.05, 0) is 63.5 Å². The molecule has 0 spiro atoms. The van der Waals surface area contributed by atoms with E-state index in [0.717, 1.165) is 25.0 Å². The van der Waals surface area contributed by atoms with E-state index in [1.165, 1.54) is 11.3 Å². The number of ether oxygens (including phenoxy) is 3. The average Bonchev–Trinajstić information content (AvgIpc) is 3.36. The van der Waals surface area contributed by atoms with E-state index in [-0.39, 0.29) is 30.3 Å². The summed E-state index contributed by atoms with van der Waals surface area (Å²) >= 11 is 1.47. The lowest BCUT2D eigenvalue weighted by atomic mass is 9.93. The second kappa shape index (κ2) is 13.6. The van der Waals surface area contributed by atoms with Gasteiger partial charge in [-0.3, -0.25) is 9.59 Å². The molecule has 3 heterocycles. The number of fused-ring (bicyclic) bond motifs is 3. The molecule has 2 aromatic heterocycles. The molecule has 11 nitrogen and oxygen atoms in total. The molecule has 0 radical (unpaired) electrons. The molecule has 0 saturated heterocycles. The molecule has 0 bridgehead atoms. The summed E-state index contributed by atoms with van der Waals surface area (Å²) < 4.78 is 17.5. The minimum absolute atomic E-state index is 0.0941. The predicted octanol–water partition coefficient (Wildman–Crippen LogP) is 5.30. The van der Waals surface area contributed by atoms with Gasteiger partial charge in [-0.1, -0.05) is 26.0 Å². The van der Waals surface area contributed by atoms with Crippen LogP contribution in [0, 0.1) is 17.8 Å². The first-order valence-electron chi connectivity index (χ1n) is 16.5. The quantitative estimate of drug-likeness (QED) is 0.265. The normalized spacial score (nSPS) is 27.1. The van der Waals surface area contributed by atoms with Gasteiger partial charge >= 0.3 is 5.97 Å². The van der Waals surface area contributed by atoms with E-state index in [0.29, 0.717) is 59.2 Å². The van der Waals surface area contributed by atoms with Gasteiger partial charge in [0.1, 0.15) is 17.4 Å². The van der Waals surface area contributed by atoms with E-state index in [4.69, 9.17) is 29.2 Å². The maximum absolute atomic E-state index is 14.0. The number of hydrogen-bond donors (Lipinski definition) is 1. The largest absolute Gasteiger partial charge is 0.497 e. The maximum Gasteiger partial charge on any atom is 0.332 e. The first-order valence-corrected chi connectivity index (χ1v) is 17.4. The van der Waals surface area contributed by atoms with Crippen LogP contribution < -0.4 is 14.8 Å². The fourth-order valence-corrected chi connectivity index (χ4v) is 7.55. The van der Waals surface area contributed by atoms with Crippen LogP contribution in [0.2, 0.25) is 0 Å². The van der Waals surface area contributed by atoms with E-state index in [9.17, 15) is 14.4 Å². The minimum Gasteiger partial charge on any atom is -0.497 e. The molecule has 2 saturated carbocycles. The third-order valence-electron chi connectivity index (χ3n) is 9.49. The number of nitrogens with zero attached hydrogens (tertiary/aromatic N) is 4. The number of methoxy groups -OCH3 is 1. The lowest BCUT2D eigenvalue weighted by Gasteiger charge is -2.26. The van der Waals surface area contributed by atoms with Gasteiger partial charge < -0.3 is 24.4 Å². The van der Waals surface area contributed by atoms with Gasteiger partial charge in [0.25, 0.3) is 0 Å². The van der Waals surface area contributed by atoms with E-state index in [2.05, 4.69) is 25.2 Å². The van der Waals surface area contributed by atoms with Crippen LogP contribution in [0.25, 0.3) is 21.7 Å². The number of benzene rings is 1. The molecular formula is C35H43N5O6S. The van der Waals surface area contributed by atoms with E-state index in [1.54, 1.807) is 26.0 Å². The highest BCUT2D eigenvalue weighted by atomic mass is 32.1. The molecule has 6 rings (SSSR count). The van der Waals surface area contributed by atoms with Crippen molar-refractivity contribution >= 4 is 40.0 Å². The molecule has 47 heavy (non-hydrogen) atoms. The van der Waals surface area contributed by atoms with Crippen LogP contribution in [0.1, 0.15) is 70.9 Å². The molecule has 5 atom stereocenters. The second-order valence-corrected chi connectivity index (χ2v) is 13.9. The van der Waals surface area contributed by atoms with Gasteiger partial charge in [0.05, 0.1) is 42.1 Å². The Kier molecular flexibility index (Phi) is 9.50. The average molecular weight is 662 g/mol. The number of amides is 2. The number of esters is 1. The second-order valence-electron chi connectivity index (χ2n) is 13.1. The van der Waals surface area contributed by atoms with Gasteiger partial charge in [0, 0.05) is 31.0 Å². The van der Waals surface area contributed by atoms with Crippen LogP contribution in [0.5, 0.6) is 11.6 Å². The number of carbonyl (C=O) groups excluding carboxylic acids is 3. The molecule has 2 aliphatic carbocycles. The van der Waals surface area contributed by atoms with Gasteiger partial charge in [0.15, 0.2) is 10.8 Å². The van der Waals surface area contributed by atoms with Crippen molar-refractivity contribution in [2.24, 2.45) is 17.8 Å². The number of allylic oxidation sites excluding steroid dienone is 1. The van der Waals surface area contributed by atoms with Crippen LogP contribution in [-0.2, 0) is 19.1 Å². The molecular weight excluding hydrogens is 618 g/mol. The maximum atomic E-state index is 14.0. The van der Waals surface area contributed by atoms with Crippen molar-refractivity contribution in [1.29, 1.82) is 0 Å². The third kappa shape index (κ3) is 6.70. The summed E-state index contributed by atoms with van der Waals surface area (Å²) in [6.07, 6.45) is 7.33. The van der Waals surface area contributed by atoms with Crippen molar-refractivity contribution in [3.8, 4) is 22.5 Å². The summed E-state index contributed by atoms with van der Waals surface area (Å²) in [7, 11) is 3.40. The zero-order valence-electron chi connectivity index (χ0n) is 27.7. The first kappa shape index (κ1) is 32.9. The fourth-order valence-electron chi connectivity index (χ4n) is 6.64. The molecule has 1 N–H and O–H groups in total. The standard InChI is InChI=1S/C35H43N5O6S/c1-6-45-34(43)35-18-21(35)11-9-7-8-10-14-40(4)33(42)26-16-23(15-25(26)30(41)39-35)46-31-24-13-12-22(44-5)17-27(24)36-29(38-31)32-37-28(19-47-32)20(2)3/h9,11-13,17,19-21,23,25-26H,6-8,10,14-16,18H2,1-5H3,(H,39,41)/b11-9-/t21-,23-,25-,26?,35?/m1/s1. The fraction of sp³-hybridized carbons (Fsp3) is 0.543. The molecule has 1 aromatic carbocycles. The zero-order valence-corrected chi connectivity index (χ0v) is 28.5. The van der Waals surface area contributed by atoms with Crippen molar-refractivity contribution in [2.45, 2.75) is 76.9 Å². The summed E-state index contributed by atoms with van der Waals surface area (Å²) in [5.74, 6) is -0.581. The van der Waals surface area contributed by atoms with Crippen molar-refractivity contribution in [2.75, 3.05) is 27.3 Å². The molecule has 12 heteroatoms. The summed E-state index contributed by atoms with van der Waals surface area (Å²) in [5, 5.41) is 6.42. The molecule has 2 fully saturated rings. The van der Waals surface area contributed by atoms with Gasteiger partial charge in [-0.25, -0.2) is 14.8 Å². The summed E-state index contributed by atoms with van der Waals surface area (Å²) in [6.45, 7) is 6.76. The highest BCUT2D eigenvalue weighted by molar-refractivity contribution is 7.13. The summed E-state index contributed by atoms with van der Waals surface area (Å²) in [6, 6.07) is 5.51. The first-order chi connectivity index (χ1) is 22.6. The van der Waals surface area contributed by atoms with Gasteiger partial charge in [0.2, 0.25) is 17.7 Å². The summed E-state index contributed by atoms with van der Waals surface area (Å²) in [5.41, 5.74) is 0.493. The highest BCUT2D eigenvalue weighted by Gasteiger charge is 2.62. The third-order valence-corrected chi connectivity index (χ3v) is 10.3. The van der Waals surface area contributed by atoms with Crippen LogP contribution >= 0.6 is 11.3 Å². The number of carbonyl (C=O) groups is 3. The monoisotopic (exact) mass is 661 g/mol. The number of thiazole rings is 1. The van der Waals surface area contributed by atoms with Crippen LogP contribution in [0.4, 0.5) is 0 Å². The number of nitrogens with one attached hydrogen (secondary N) is 1. The van der Waals surface area contributed by atoms with Crippen molar-refractivity contribution < 1.29 is 28.6 Å². The smallest absolute Gasteiger partial charge is 0.332 e. The van der Waals surface area contributed by atoms with Gasteiger partial charge in [-0.2, -0.15) is 4.98 Å². The van der Waals surface area contributed by atoms with E-state index >= 15 is 0 Å². The number of hydrogen-bond acceptors (Lipinski definition) is 10. The Morgan fingerprint density at radius 3 is 2.70 bits per heavy atom. The Balaban J connectivity index is 1.32. The van der Waals surface area contributed by atoms with Crippen LogP contribution in [0.3, 0.4) is 0 Å². The highest BCUT2D eigenvalue weighted by Crippen LogP contribution is 2.47. The molecule has 1 aliphatic heterocycles. The zero-order chi connectivity index (χ0) is 33.3. The molecule has 2 amide bonds. The molecule has 3 aliphatic rings. The Labute approximate surface area is 279 Å². The predicted molar refractivity (Wildman–Crippen MR) is 178 cm³/mol. The minimum atomic E-state index is -1.11. The lowest BCUT2D eigenvalue weighted by Crippen LogP contribution is -2.50. The number of aromatic nitrogens is 3. The van der Waals surface area contributed by atoms with Crippen LogP contribution in [0.15, 0.2) is 35.7 Å². The molecule has 2 unspecified atom stereocenters. The topological polar surface area (TPSA) is 133 Å². The Morgan fingerprint density at radius 2 is 1.96 bits per heavy atom. The summed E-state index contributed by atoms with van der Waals surface area (Å²) in [4.78, 5) is 57.1. The van der Waals surface area contributed by atoms with Crippen LogP contribution in [-0.4, -0.2) is 76.6 Å². The van der Waals surface area contributed by atoms with Gasteiger partial charge in [-0.15, -0.1) is 11.3 Å². The lowest BCUT2D eigenvalue weighted by molar-refractivity contribution is -0.150. The van der Waals surface area contributed by atoms with Crippen molar-refractivity contribution in [3.05, 3.63) is 41.4 Å². The molecule has 3 aromatic rings.